The van der Waals surface area contributed by atoms with Crippen LogP contribution in [-0.2, 0) is 4.79 Å². The van der Waals surface area contributed by atoms with Crippen LogP contribution in [0.5, 0.6) is 0 Å². The van der Waals surface area contributed by atoms with Crippen LogP contribution in [0.15, 0.2) is 18.3 Å². The summed E-state index contributed by atoms with van der Waals surface area (Å²) in [5, 5.41) is 8.64. The van der Waals surface area contributed by atoms with E-state index in [1.807, 2.05) is 13.0 Å². The van der Waals surface area contributed by atoms with Gasteiger partial charge in [0.2, 0.25) is 0 Å². The maximum Gasteiger partial charge on any atom is 0.328 e. The molecule has 5 nitrogen and oxygen atoms in total. The molecule has 1 aliphatic heterocycles. The average molecular weight is 275 g/mol. The number of piperazine rings is 1. The Morgan fingerprint density at radius 1 is 1.50 bits per heavy atom. The second-order valence-corrected chi connectivity index (χ2v) is 5.39. The maximum absolute atomic E-state index is 10.5. The van der Waals surface area contributed by atoms with Crippen molar-refractivity contribution in [2.75, 3.05) is 31.6 Å². The van der Waals surface area contributed by atoms with Crippen molar-refractivity contribution in [1.82, 2.24) is 9.88 Å². The zero-order valence-electron chi connectivity index (χ0n) is 12.2. The van der Waals surface area contributed by atoms with Gasteiger partial charge in [-0.15, -0.1) is 0 Å². The minimum atomic E-state index is -0.945. The number of hydrogen-bond donors (Lipinski definition) is 1. The molecule has 1 saturated heterocycles. The largest absolute Gasteiger partial charge is 0.478 e. The lowest BCUT2D eigenvalue weighted by Crippen LogP contribution is -2.51. The molecule has 0 aliphatic carbocycles. The van der Waals surface area contributed by atoms with Gasteiger partial charge in [-0.05, 0) is 44.2 Å². The second kappa shape index (κ2) is 6.05. The SMILES string of the molecule is Cc1cc(/C=C/C(=O)O)cnc1N1CCN(C)CC1C. The molecule has 1 aromatic rings. The number of carboxylic acids is 1. The van der Waals surface area contributed by atoms with Crippen LogP contribution in [-0.4, -0.2) is 53.7 Å². The molecule has 0 saturated carbocycles. The number of aromatic nitrogens is 1. The molecule has 2 heterocycles. The number of rotatable bonds is 3. The van der Waals surface area contributed by atoms with Crippen LogP contribution < -0.4 is 4.90 Å². The van der Waals surface area contributed by atoms with Crippen LogP contribution in [0.25, 0.3) is 6.08 Å². The standard InChI is InChI=1S/C15H21N3O2/c1-11-8-13(4-5-14(19)20)9-16-15(11)18-7-6-17(3)10-12(18)2/h4-5,8-9,12H,6-7,10H2,1-3H3,(H,19,20)/b5-4+. The Morgan fingerprint density at radius 2 is 2.25 bits per heavy atom. The van der Waals surface area contributed by atoms with E-state index in [4.69, 9.17) is 5.11 Å². The van der Waals surface area contributed by atoms with Crippen molar-refractivity contribution in [3.05, 3.63) is 29.5 Å². The summed E-state index contributed by atoms with van der Waals surface area (Å²) in [5.74, 6) is 0.0532. The van der Waals surface area contributed by atoms with Gasteiger partial charge < -0.3 is 14.9 Å². The number of pyridine rings is 1. The van der Waals surface area contributed by atoms with E-state index in [1.54, 1.807) is 12.3 Å². The van der Waals surface area contributed by atoms with E-state index in [1.165, 1.54) is 0 Å². The Labute approximate surface area is 119 Å². The van der Waals surface area contributed by atoms with Crippen molar-refractivity contribution in [3.8, 4) is 0 Å². The van der Waals surface area contributed by atoms with Crippen LogP contribution in [0.1, 0.15) is 18.1 Å². The molecular formula is C15H21N3O2. The van der Waals surface area contributed by atoms with Gasteiger partial charge in [0.1, 0.15) is 5.82 Å². The van der Waals surface area contributed by atoms with Gasteiger partial charge in [0.25, 0.3) is 0 Å². The van der Waals surface area contributed by atoms with Crippen LogP contribution in [0.4, 0.5) is 5.82 Å². The fourth-order valence-electron chi connectivity index (χ4n) is 2.60. The van der Waals surface area contributed by atoms with Crippen molar-refractivity contribution in [1.29, 1.82) is 0 Å². The normalized spacial score (nSPS) is 20.6. The number of likely N-dealkylation sites (N-methyl/N-ethyl adjacent to an activating group) is 1. The Morgan fingerprint density at radius 3 is 2.85 bits per heavy atom. The molecule has 108 valence electrons. The number of hydrogen-bond acceptors (Lipinski definition) is 4. The van der Waals surface area contributed by atoms with Gasteiger partial charge in [-0.2, -0.15) is 0 Å². The predicted octanol–water partition coefficient (Wildman–Crippen LogP) is 1.63. The number of aryl methyl sites for hydroxylation is 1. The van der Waals surface area contributed by atoms with Crippen LogP contribution in [0, 0.1) is 6.92 Å². The quantitative estimate of drug-likeness (QED) is 0.850. The lowest BCUT2D eigenvalue weighted by molar-refractivity contribution is -0.131. The first-order valence-corrected chi connectivity index (χ1v) is 6.80. The second-order valence-electron chi connectivity index (χ2n) is 5.39. The van der Waals surface area contributed by atoms with Gasteiger partial charge in [0.05, 0.1) is 0 Å². The lowest BCUT2D eigenvalue weighted by atomic mass is 10.1. The minimum Gasteiger partial charge on any atom is -0.478 e. The molecule has 0 aromatic carbocycles. The van der Waals surface area contributed by atoms with Gasteiger partial charge in [-0.3, -0.25) is 0 Å². The minimum absolute atomic E-state index is 0.431. The molecule has 1 fully saturated rings. The Bertz CT molecular complexity index is 528. The average Bonchev–Trinajstić information content (AvgIpc) is 2.37. The van der Waals surface area contributed by atoms with E-state index in [9.17, 15) is 4.79 Å². The topological polar surface area (TPSA) is 56.7 Å². The highest BCUT2D eigenvalue weighted by atomic mass is 16.4. The Balaban J connectivity index is 2.19. The summed E-state index contributed by atoms with van der Waals surface area (Å²) in [6, 6.07) is 2.41. The molecule has 20 heavy (non-hydrogen) atoms. The molecule has 0 amide bonds. The Kier molecular flexibility index (Phi) is 4.39. The summed E-state index contributed by atoms with van der Waals surface area (Å²) in [5.41, 5.74) is 1.89. The summed E-state index contributed by atoms with van der Waals surface area (Å²) in [7, 11) is 2.13. The maximum atomic E-state index is 10.5. The number of anilines is 1. The van der Waals surface area contributed by atoms with Crippen molar-refractivity contribution in [3.63, 3.8) is 0 Å². The third-order valence-corrected chi connectivity index (χ3v) is 3.59. The fourth-order valence-corrected chi connectivity index (χ4v) is 2.60. The molecule has 1 aliphatic rings. The summed E-state index contributed by atoms with van der Waals surface area (Å²) < 4.78 is 0. The third kappa shape index (κ3) is 3.36. The van der Waals surface area contributed by atoms with Gasteiger partial charge >= 0.3 is 5.97 Å². The van der Waals surface area contributed by atoms with Gasteiger partial charge in [-0.25, -0.2) is 9.78 Å². The first-order valence-electron chi connectivity index (χ1n) is 6.80. The zero-order valence-corrected chi connectivity index (χ0v) is 12.2. The molecule has 0 radical (unpaired) electrons. The molecule has 0 spiro atoms. The number of carboxylic acid groups (broad SMARTS) is 1. The summed E-state index contributed by atoms with van der Waals surface area (Å²) in [4.78, 5) is 19.7. The number of aliphatic carboxylic acids is 1. The van der Waals surface area contributed by atoms with Crippen LogP contribution in [0.2, 0.25) is 0 Å². The highest BCUT2D eigenvalue weighted by molar-refractivity contribution is 5.85. The Hall–Kier alpha value is -1.88. The van der Waals surface area contributed by atoms with Gasteiger partial charge in [0, 0.05) is 37.9 Å². The third-order valence-electron chi connectivity index (χ3n) is 3.59. The van der Waals surface area contributed by atoms with Crippen molar-refractivity contribution < 1.29 is 9.90 Å². The monoisotopic (exact) mass is 275 g/mol. The van der Waals surface area contributed by atoms with Crippen LogP contribution >= 0.6 is 0 Å². The number of nitrogens with zero attached hydrogens (tertiary/aromatic N) is 3. The van der Waals surface area contributed by atoms with E-state index in [-0.39, 0.29) is 0 Å². The van der Waals surface area contributed by atoms with Crippen molar-refractivity contribution in [2.45, 2.75) is 19.9 Å². The lowest BCUT2D eigenvalue weighted by Gasteiger charge is -2.39. The van der Waals surface area contributed by atoms with Gasteiger partial charge in [-0.1, -0.05) is 0 Å². The summed E-state index contributed by atoms with van der Waals surface area (Å²) in [6.45, 7) is 7.25. The smallest absolute Gasteiger partial charge is 0.328 e. The van der Waals surface area contributed by atoms with Gasteiger partial charge in [0.15, 0.2) is 0 Å². The van der Waals surface area contributed by atoms with E-state index in [2.05, 4.69) is 28.8 Å². The first kappa shape index (κ1) is 14.5. The summed E-state index contributed by atoms with van der Waals surface area (Å²) >= 11 is 0. The highest BCUT2D eigenvalue weighted by Gasteiger charge is 2.23. The van der Waals surface area contributed by atoms with Crippen molar-refractivity contribution >= 4 is 17.9 Å². The molecule has 2 rings (SSSR count). The summed E-state index contributed by atoms with van der Waals surface area (Å²) in [6.07, 6.45) is 4.43. The zero-order chi connectivity index (χ0) is 14.7. The predicted molar refractivity (Wildman–Crippen MR) is 79.9 cm³/mol. The van der Waals surface area contributed by atoms with Crippen molar-refractivity contribution in [2.24, 2.45) is 0 Å². The highest BCUT2D eigenvalue weighted by Crippen LogP contribution is 2.22. The number of carbonyl (C=O) groups is 1. The molecule has 0 bridgehead atoms. The first-order chi connectivity index (χ1) is 9.47. The van der Waals surface area contributed by atoms with E-state index < -0.39 is 5.97 Å². The molecule has 1 atom stereocenters. The molecule has 1 unspecified atom stereocenters. The van der Waals surface area contributed by atoms with E-state index in [0.29, 0.717) is 6.04 Å². The molecular weight excluding hydrogens is 254 g/mol. The van der Waals surface area contributed by atoms with Crippen LogP contribution in [0.3, 0.4) is 0 Å². The fraction of sp³-hybridized carbons (Fsp3) is 0.467. The van der Waals surface area contributed by atoms with E-state index >= 15 is 0 Å². The molecule has 5 heteroatoms. The molecule has 1 aromatic heterocycles. The molecule has 1 N–H and O–H groups in total. The van der Waals surface area contributed by atoms with E-state index in [0.717, 1.165) is 42.7 Å².